The largest absolute Gasteiger partial charge is 0.395 e. The summed E-state index contributed by atoms with van der Waals surface area (Å²) in [6.45, 7) is 4.53. The molecular weight excluding hydrogens is 308 g/mol. The number of anilines is 2. The second-order valence-corrected chi connectivity index (χ2v) is 6.05. The highest BCUT2D eigenvalue weighted by Crippen LogP contribution is 2.27. The van der Waals surface area contributed by atoms with E-state index in [0.29, 0.717) is 31.6 Å². The van der Waals surface area contributed by atoms with Crippen molar-refractivity contribution in [3.8, 4) is 0 Å². The van der Waals surface area contributed by atoms with Crippen LogP contribution in [0.2, 0.25) is 0 Å². The Morgan fingerprint density at radius 3 is 3.00 bits per heavy atom. The van der Waals surface area contributed by atoms with Crippen LogP contribution in [-0.2, 0) is 11.3 Å². The van der Waals surface area contributed by atoms with E-state index >= 15 is 0 Å². The number of rotatable bonds is 7. The third-order valence-corrected chi connectivity index (χ3v) is 4.01. The molecule has 3 rings (SSSR count). The van der Waals surface area contributed by atoms with Crippen LogP contribution in [0.1, 0.15) is 29.6 Å². The predicted octanol–water partition coefficient (Wildman–Crippen LogP) is 1.05. The van der Waals surface area contributed by atoms with Crippen molar-refractivity contribution in [2.45, 2.75) is 25.8 Å². The van der Waals surface area contributed by atoms with Crippen LogP contribution in [0.4, 0.5) is 11.8 Å². The highest BCUT2D eigenvalue weighted by Gasteiger charge is 2.21. The number of hydrogen-bond donors (Lipinski definition) is 3. The number of aliphatic hydroxyl groups is 1. The van der Waals surface area contributed by atoms with Gasteiger partial charge in [0.2, 0.25) is 5.95 Å². The van der Waals surface area contributed by atoms with Gasteiger partial charge in [0.05, 0.1) is 25.5 Å². The second kappa shape index (κ2) is 7.59. The molecule has 130 valence electrons. The molecule has 0 aliphatic carbocycles. The Labute approximate surface area is 141 Å². The molecule has 3 heterocycles. The molecule has 8 heteroatoms. The van der Waals surface area contributed by atoms with Gasteiger partial charge in [-0.25, -0.2) is 9.97 Å². The molecule has 8 nitrogen and oxygen atoms in total. The lowest BCUT2D eigenvalue weighted by Crippen LogP contribution is -2.21. The first kappa shape index (κ1) is 16.7. The first-order chi connectivity index (χ1) is 11.7. The van der Waals surface area contributed by atoms with Crippen molar-refractivity contribution in [2.24, 2.45) is 0 Å². The van der Waals surface area contributed by atoms with E-state index in [0.717, 1.165) is 36.1 Å². The first-order valence-corrected chi connectivity index (χ1v) is 8.19. The first-order valence-electron chi connectivity index (χ1n) is 8.19. The molecule has 1 aliphatic rings. The van der Waals surface area contributed by atoms with E-state index in [1.807, 2.05) is 31.1 Å². The van der Waals surface area contributed by atoms with E-state index in [-0.39, 0.29) is 6.61 Å². The lowest BCUT2D eigenvalue weighted by atomic mass is 10.0. The number of ether oxygens (including phenoxy) is 1. The van der Waals surface area contributed by atoms with Gasteiger partial charge in [-0.2, -0.15) is 4.98 Å². The second-order valence-electron chi connectivity index (χ2n) is 6.05. The number of imidazole rings is 1. The van der Waals surface area contributed by atoms with Crippen LogP contribution in [-0.4, -0.2) is 58.5 Å². The molecule has 1 atom stereocenters. The summed E-state index contributed by atoms with van der Waals surface area (Å²) in [5.74, 6) is 2.54. The maximum atomic E-state index is 9.02. The van der Waals surface area contributed by atoms with E-state index in [1.165, 1.54) is 0 Å². The zero-order chi connectivity index (χ0) is 16.9. The molecule has 1 aliphatic heterocycles. The van der Waals surface area contributed by atoms with Crippen LogP contribution in [0.5, 0.6) is 0 Å². The molecule has 0 bridgehead atoms. The van der Waals surface area contributed by atoms with Crippen LogP contribution in [0.15, 0.2) is 12.3 Å². The fourth-order valence-corrected chi connectivity index (χ4v) is 2.72. The number of aromatic nitrogens is 4. The molecule has 0 amide bonds. The minimum Gasteiger partial charge on any atom is -0.395 e. The Kier molecular flexibility index (Phi) is 5.27. The average molecular weight is 332 g/mol. The van der Waals surface area contributed by atoms with Crippen LogP contribution < -0.4 is 10.2 Å². The molecule has 1 fully saturated rings. The summed E-state index contributed by atoms with van der Waals surface area (Å²) in [5.41, 5.74) is 2.01. The van der Waals surface area contributed by atoms with Gasteiger partial charge in [0, 0.05) is 44.1 Å². The Morgan fingerprint density at radius 2 is 2.33 bits per heavy atom. The number of nitrogens with zero attached hydrogens (tertiary/aromatic N) is 4. The Balaban J connectivity index is 1.82. The van der Waals surface area contributed by atoms with Crippen molar-refractivity contribution < 1.29 is 9.84 Å². The number of H-pyrrole nitrogens is 1. The summed E-state index contributed by atoms with van der Waals surface area (Å²) >= 11 is 0. The average Bonchev–Trinajstić information content (AvgIpc) is 3.24. The molecule has 2 aromatic rings. The number of aryl methyl sites for hydroxylation is 1. The van der Waals surface area contributed by atoms with E-state index in [1.54, 1.807) is 0 Å². The maximum absolute atomic E-state index is 9.02. The Hall–Kier alpha value is -2.19. The minimum absolute atomic E-state index is 0.0387. The van der Waals surface area contributed by atoms with Gasteiger partial charge in [-0.15, -0.1) is 0 Å². The van der Waals surface area contributed by atoms with Crippen molar-refractivity contribution in [3.05, 3.63) is 29.5 Å². The fraction of sp³-hybridized carbons (Fsp3) is 0.562. The molecule has 0 radical (unpaired) electrons. The van der Waals surface area contributed by atoms with Gasteiger partial charge < -0.3 is 25.0 Å². The SMILES string of the molecule is Cc1cnc(CN(C)c2cc(C3CCOC3)nc(NCCO)n2)[nH]1. The normalized spacial score (nSPS) is 17.2. The molecule has 0 aromatic carbocycles. The minimum atomic E-state index is 0.0387. The summed E-state index contributed by atoms with van der Waals surface area (Å²) in [6, 6.07) is 2.01. The summed E-state index contributed by atoms with van der Waals surface area (Å²) in [4.78, 5) is 18.7. The number of hydrogen-bond acceptors (Lipinski definition) is 7. The van der Waals surface area contributed by atoms with Gasteiger partial charge >= 0.3 is 0 Å². The van der Waals surface area contributed by atoms with E-state index < -0.39 is 0 Å². The smallest absolute Gasteiger partial charge is 0.224 e. The van der Waals surface area contributed by atoms with E-state index in [9.17, 15) is 0 Å². The maximum Gasteiger partial charge on any atom is 0.224 e. The van der Waals surface area contributed by atoms with Gasteiger partial charge in [-0.05, 0) is 13.3 Å². The van der Waals surface area contributed by atoms with Crippen LogP contribution in [0.25, 0.3) is 0 Å². The zero-order valence-electron chi connectivity index (χ0n) is 14.1. The van der Waals surface area contributed by atoms with Gasteiger partial charge in [0.1, 0.15) is 11.6 Å². The molecule has 0 saturated carbocycles. The van der Waals surface area contributed by atoms with Crippen LogP contribution in [0.3, 0.4) is 0 Å². The molecule has 3 N–H and O–H groups in total. The predicted molar refractivity (Wildman–Crippen MR) is 91.2 cm³/mol. The molecule has 2 aromatic heterocycles. The standard InChI is InChI=1S/C16H24N6O2/c1-11-8-18-14(19-11)9-22(2)15-7-13(12-3-6-24-10-12)20-16(21-15)17-4-5-23/h7-8,12,23H,3-6,9-10H2,1-2H3,(H,18,19)(H,17,20,21). The van der Waals surface area contributed by atoms with Crippen molar-refractivity contribution in [1.29, 1.82) is 0 Å². The quantitative estimate of drug-likeness (QED) is 0.697. The summed E-state index contributed by atoms with van der Waals surface area (Å²) in [6.07, 6.45) is 2.79. The number of nitrogens with one attached hydrogen (secondary N) is 2. The summed E-state index contributed by atoms with van der Waals surface area (Å²) in [7, 11) is 1.98. The van der Waals surface area contributed by atoms with Crippen molar-refractivity contribution >= 4 is 11.8 Å². The number of aliphatic hydroxyl groups excluding tert-OH is 1. The third-order valence-electron chi connectivity index (χ3n) is 4.01. The molecule has 24 heavy (non-hydrogen) atoms. The molecule has 1 saturated heterocycles. The highest BCUT2D eigenvalue weighted by molar-refractivity contribution is 5.45. The van der Waals surface area contributed by atoms with E-state index in [4.69, 9.17) is 9.84 Å². The fourth-order valence-electron chi connectivity index (χ4n) is 2.72. The van der Waals surface area contributed by atoms with Gasteiger partial charge in [0.25, 0.3) is 0 Å². The van der Waals surface area contributed by atoms with Crippen LogP contribution in [0, 0.1) is 6.92 Å². The zero-order valence-corrected chi connectivity index (χ0v) is 14.1. The monoisotopic (exact) mass is 332 g/mol. The van der Waals surface area contributed by atoms with Gasteiger partial charge in [-0.1, -0.05) is 0 Å². The van der Waals surface area contributed by atoms with E-state index in [2.05, 4.69) is 25.3 Å². The van der Waals surface area contributed by atoms with Gasteiger partial charge in [-0.3, -0.25) is 0 Å². The summed E-state index contributed by atoms with van der Waals surface area (Å²) in [5, 5.41) is 12.1. The summed E-state index contributed by atoms with van der Waals surface area (Å²) < 4.78 is 5.48. The highest BCUT2D eigenvalue weighted by atomic mass is 16.5. The molecule has 1 unspecified atom stereocenters. The van der Waals surface area contributed by atoms with Crippen molar-refractivity contribution in [2.75, 3.05) is 43.6 Å². The van der Waals surface area contributed by atoms with Crippen molar-refractivity contribution in [3.63, 3.8) is 0 Å². The topological polar surface area (TPSA) is 99.2 Å². The van der Waals surface area contributed by atoms with Crippen LogP contribution >= 0.6 is 0 Å². The Morgan fingerprint density at radius 1 is 1.46 bits per heavy atom. The molecular formula is C16H24N6O2. The Bertz CT molecular complexity index is 668. The van der Waals surface area contributed by atoms with Gasteiger partial charge in [0.15, 0.2) is 0 Å². The molecule has 0 spiro atoms. The lowest BCUT2D eigenvalue weighted by Gasteiger charge is -2.20. The third kappa shape index (κ3) is 4.01. The van der Waals surface area contributed by atoms with Crippen molar-refractivity contribution in [1.82, 2.24) is 19.9 Å². The number of aromatic amines is 1. The lowest BCUT2D eigenvalue weighted by molar-refractivity contribution is 0.193.